The molecule has 3 aromatic rings. The molecule has 0 amide bonds. The Labute approximate surface area is 127 Å². The molecule has 8 heteroatoms. The average Bonchev–Trinajstić information content (AvgIpc) is 2.90. The summed E-state index contributed by atoms with van der Waals surface area (Å²) in [4.78, 5) is 4.38. The van der Waals surface area contributed by atoms with Crippen molar-refractivity contribution >= 4 is 21.2 Å². The van der Waals surface area contributed by atoms with Gasteiger partial charge in [-0.15, -0.1) is 0 Å². The Morgan fingerprint density at radius 3 is 2.73 bits per heavy atom. The molecule has 2 aromatic heterocycles. The van der Waals surface area contributed by atoms with Crippen LogP contribution in [0.5, 0.6) is 0 Å². The predicted octanol–water partition coefficient (Wildman–Crippen LogP) is 1.46. The molecular weight excluding hydrogens is 306 g/mol. The maximum atomic E-state index is 10.7. The third kappa shape index (κ3) is 3.46. The van der Waals surface area contributed by atoms with E-state index in [1.54, 1.807) is 23.1 Å². The quantitative estimate of drug-likeness (QED) is 0.564. The number of hydrogen-bond acceptors (Lipinski definition) is 5. The smallest absolute Gasteiger partial charge is 0.265 e. The third-order valence-electron chi connectivity index (χ3n) is 3.10. The lowest BCUT2D eigenvalue weighted by Crippen LogP contribution is -2.38. The second-order valence-corrected chi connectivity index (χ2v) is 6.38. The van der Waals surface area contributed by atoms with E-state index < -0.39 is 10.1 Å². The molecule has 3 rings (SSSR count). The van der Waals surface area contributed by atoms with Crippen LogP contribution in [-0.2, 0) is 16.7 Å². The zero-order valence-electron chi connectivity index (χ0n) is 11.6. The van der Waals surface area contributed by atoms with Crippen molar-refractivity contribution in [1.82, 2.24) is 10.1 Å². The molecule has 0 radical (unpaired) electrons. The summed E-state index contributed by atoms with van der Waals surface area (Å²) in [5, 5.41) is 4.19. The van der Waals surface area contributed by atoms with Gasteiger partial charge in [-0.2, -0.15) is 8.42 Å². The minimum absolute atomic E-state index is 0.283. The SMILES string of the molecule is O=S(=O)(O)CCC[n+]1ccc(-c2nc3ccccc3o2)cn1. The Balaban J connectivity index is 1.73. The molecule has 0 saturated heterocycles. The van der Waals surface area contributed by atoms with E-state index in [-0.39, 0.29) is 5.75 Å². The van der Waals surface area contributed by atoms with Crippen molar-refractivity contribution in [3.63, 3.8) is 0 Å². The van der Waals surface area contributed by atoms with Crippen LogP contribution in [0, 0.1) is 0 Å². The predicted molar refractivity (Wildman–Crippen MR) is 78.5 cm³/mol. The summed E-state index contributed by atoms with van der Waals surface area (Å²) in [6.45, 7) is 0.396. The number of fused-ring (bicyclic) bond motifs is 1. The van der Waals surface area contributed by atoms with Crippen molar-refractivity contribution in [1.29, 1.82) is 0 Å². The number of aryl methyl sites for hydroxylation is 1. The van der Waals surface area contributed by atoms with Crippen LogP contribution < -0.4 is 4.68 Å². The molecule has 0 aliphatic carbocycles. The Morgan fingerprint density at radius 2 is 2.05 bits per heavy atom. The lowest BCUT2D eigenvalue weighted by Gasteiger charge is -1.95. The van der Waals surface area contributed by atoms with E-state index in [9.17, 15) is 8.42 Å². The Morgan fingerprint density at radius 1 is 1.23 bits per heavy atom. The van der Waals surface area contributed by atoms with Crippen molar-refractivity contribution in [2.75, 3.05) is 5.75 Å². The molecular formula is C14H14N3O4S+. The average molecular weight is 320 g/mol. The lowest BCUT2D eigenvalue weighted by molar-refractivity contribution is -0.753. The van der Waals surface area contributed by atoms with Crippen molar-refractivity contribution in [3.05, 3.63) is 42.7 Å². The number of oxazole rings is 1. The normalized spacial score (nSPS) is 11.9. The second-order valence-electron chi connectivity index (χ2n) is 4.81. The van der Waals surface area contributed by atoms with E-state index in [1.165, 1.54) is 0 Å². The highest BCUT2D eigenvalue weighted by Gasteiger charge is 2.12. The van der Waals surface area contributed by atoms with Crippen LogP contribution in [0.15, 0.2) is 47.1 Å². The van der Waals surface area contributed by atoms with Gasteiger partial charge in [-0.25, -0.2) is 4.98 Å². The summed E-state index contributed by atoms with van der Waals surface area (Å²) in [5.41, 5.74) is 2.23. The molecule has 0 aliphatic rings. The molecule has 1 N–H and O–H groups in total. The van der Waals surface area contributed by atoms with Crippen LogP contribution >= 0.6 is 0 Å². The fraction of sp³-hybridized carbons (Fsp3) is 0.214. The minimum Gasteiger partial charge on any atom is -0.436 e. The van der Waals surface area contributed by atoms with Gasteiger partial charge in [0.1, 0.15) is 11.7 Å². The van der Waals surface area contributed by atoms with E-state index >= 15 is 0 Å². The van der Waals surface area contributed by atoms with Gasteiger partial charge in [-0.1, -0.05) is 16.8 Å². The van der Waals surface area contributed by atoms with Crippen LogP contribution in [0.25, 0.3) is 22.6 Å². The zero-order chi connectivity index (χ0) is 15.6. The summed E-state index contributed by atoms with van der Waals surface area (Å²) in [6.07, 6.45) is 3.62. The van der Waals surface area contributed by atoms with E-state index in [0.29, 0.717) is 24.4 Å². The van der Waals surface area contributed by atoms with Gasteiger partial charge >= 0.3 is 0 Å². The molecule has 114 valence electrons. The van der Waals surface area contributed by atoms with Crippen molar-refractivity contribution < 1.29 is 22.1 Å². The molecule has 0 fully saturated rings. The molecule has 0 bridgehead atoms. The first-order valence-electron chi connectivity index (χ1n) is 6.68. The van der Waals surface area contributed by atoms with Crippen LogP contribution in [0.4, 0.5) is 0 Å². The summed E-state index contributed by atoms with van der Waals surface area (Å²) in [6, 6.07) is 9.28. The first kappa shape index (κ1) is 14.6. The van der Waals surface area contributed by atoms with Gasteiger partial charge in [-0.3, -0.25) is 4.55 Å². The van der Waals surface area contributed by atoms with Crippen molar-refractivity contribution in [2.45, 2.75) is 13.0 Å². The fourth-order valence-corrected chi connectivity index (χ4v) is 2.54. The fourth-order valence-electron chi connectivity index (χ4n) is 2.05. The number of benzene rings is 1. The Bertz CT molecular complexity index is 855. The first-order valence-corrected chi connectivity index (χ1v) is 8.29. The van der Waals surface area contributed by atoms with Gasteiger partial charge in [0.15, 0.2) is 18.3 Å². The van der Waals surface area contributed by atoms with Crippen molar-refractivity contribution in [3.8, 4) is 11.5 Å². The molecule has 7 nitrogen and oxygen atoms in total. The zero-order valence-corrected chi connectivity index (χ0v) is 12.4. The number of hydrogen-bond donors (Lipinski definition) is 1. The summed E-state index contributed by atoms with van der Waals surface area (Å²) < 4.78 is 37.2. The molecule has 22 heavy (non-hydrogen) atoms. The van der Waals surface area contributed by atoms with E-state index in [0.717, 1.165) is 11.1 Å². The molecule has 0 atom stereocenters. The third-order valence-corrected chi connectivity index (χ3v) is 3.91. The van der Waals surface area contributed by atoms with Crippen LogP contribution in [0.2, 0.25) is 0 Å². The van der Waals surface area contributed by atoms with Gasteiger partial charge < -0.3 is 4.42 Å². The summed E-state index contributed by atoms with van der Waals surface area (Å²) in [5.74, 6) is 0.202. The first-order chi connectivity index (χ1) is 10.5. The highest BCUT2D eigenvalue weighted by molar-refractivity contribution is 7.85. The molecule has 0 spiro atoms. The van der Waals surface area contributed by atoms with Gasteiger partial charge in [0.05, 0.1) is 11.3 Å². The summed E-state index contributed by atoms with van der Waals surface area (Å²) >= 11 is 0. The van der Waals surface area contributed by atoms with Crippen LogP contribution in [0.1, 0.15) is 6.42 Å². The lowest BCUT2D eigenvalue weighted by atomic mass is 10.3. The Kier molecular flexibility index (Phi) is 3.86. The van der Waals surface area contributed by atoms with E-state index in [2.05, 4.69) is 10.1 Å². The van der Waals surface area contributed by atoms with Gasteiger partial charge in [0, 0.05) is 12.5 Å². The maximum absolute atomic E-state index is 10.7. The van der Waals surface area contributed by atoms with E-state index in [1.807, 2.05) is 24.3 Å². The number of rotatable bonds is 5. The summed E-state index contributed by atoms with van der Waals surface area (Å²) in [7, 11) is -3.93. The molecule has 0 unspecified atom stereocenters. The van der Waals surface area contributed by atoms with Gasteiger partial charge in [0.2, 0.25) is 5.89 Å². The highest BCUT2D eigenvalue weighted by atomic mass is 32.2. The number of para-hydroxylation sites is 2. The topological polar surface area (TPSA) is 97.2 Å². The van der Waals surface area contributed by atoms with Gasteiger partial charge in [-0.05, 0) is 17.2 Å². The molecule has 0 aliphatic heterocycles. The molecule has 1 aromatic carbocycles. The largest absolute Gasteiger partial charge is 0.436 e. The number of nitrogens with zero attached hydrogens (tertiary/aromatic N) is 3. The molecule has 2 heterocycles. The minimum atomic E-state index is -3.93. The number of aromatic nitrogens is 3. The van der Waals surface area contributed by atoms with Gasteiger partial charge in [0.25, 0.3) is 10.1 Å². The van der Waals surface area contributed by atoms with Crippen LogP contribution in [0.3, 0.4) is 0 Å². The molecule has 0 saturated carbocycles. The van der Waals surface area contributed by atoms with E-state index in [4.69, 9.17) is 8.97 Å². The maximum Gasteiger partial charge on any atom is 0.265 e. The standard InChI is InChI=1S/C14H13N3O4S/c18-22(19,20)9-3-7-17-8-6-11(10-15-17)14-16-12-4-1-2-5-13(12)21-14/h1-2,4-6,8,10H,3,7,9H2/p+1. The highest BCUT2D eigenvalue weighted by Crippen LogP contribution is 2.22. The Hall–Kier alpha value is -2.32. The van der Waals surface area contributed by atoms with Crippen LogP contribution in [-0.4, -0.2) is 28.8 Å². The second kappa shape index (κ2) is 5.82. The monoisotopic (exact) mass is 320 g/mol. The van der Waals surface area contributed by atoms with Crippen molar-refractivity contribution in [2.24, 2.45) is 0 Å².